The number of benzene rings is 3. The minimum absolute atomic E-state index is 0.354. The van der Waals surface area contributed by atoms with Crippen LogP contribution < -0.4 is 9.47 Å². The molecule has 4 heteroatoms. The number of carbonyl (C=O) groups excluding carboxylic acids is 2. The fraction of sp³-hybridized carbons (Fsp3) is 0.0476. The molecule has 0 amide bonds. The number of ether oxygens (including phenoxy) is 2. The van der Waals surface area contributed by atoms with Crippen molar-refractivity contribution in [1.82, 2.24) is 0 Å². The van der Waals surface area contributed by atoms with Crippen molar-refractivity contribution in [2.45, 2.75) is 6.92 Å². The summed E-state index contributed by atoms with van der Waals surface area (Å²) in [6, 6.07) is 22.4. The average Bonchev–Trinajstić information content (AvgIpc) is 2.66. The van der Waals surface area contributed by atoms with Gasteiger partial charge in [0.05, 0.1) is 11.1 Å². The van der Waals surface area contributed by atoms with Gasteiger partial charge >= 0.3 is 11.9 Å². The van der Waals surface area contributed by atoms with Gasteiger partial charge in [-0.15, -0.1) is 0 Å². The molecule has 3 aromatic carbocycles. The topological polar surface area (TPSA) is 52.6 Å². The smallest absolute Gasteiger partial charge is 0.343 e. The summed E-state index contributed by atoms with van der Waals surface area (Å²) in [7, 11) is 0. The number of esters is 2. The summed E-state index contributed by atoms with van der Waals surface area (Å²) in [5, 5.41) is 0. The van der Waals surface area contributed by atoms with Gasteiger partial charge < -0.3 is 9.47 Å². The molecule has 0 aliphatic rings. The predicted molar refractivity (Wildman–Crippen MR) is 94.0 cm³/mol. The molecule has 0 N–H and O–H groups in total. The molecular weight excluding hydrogens is 316 g/mol. The van der Waals surface area contributed by atoms with E-state index in [0.717, 1.165) is 0 Å². The van der Waals surface area contributed by atoms with Crippen LogP contribution in [0, 0.1) is 6.92 Å². The number of carbonyl (C=O) groups is 2. The zero-order chi connectivity index (χ0) is 17.6. The van der Waals surface area contributed by atoms with Gasteiger partial charge in [-0.25, -0.2) is 9.59 Å². The fourth-order valence-electron chi connectivity index (χ4n) is 2.28. The lowest BCUT2D eigenvalue weighted by molar-refractivity contribution is 0.0730. The lowest BCUT2D eigenvalue weighted by Crippen LogP contribution is -2.11. The minimum atomic E-state index is -0.463. The van der Waals surface area contributed by atoms with Gasteiger partial charge in [0.15, 0.2) is 0 Å². The Labute approximate surface area is 145 Å². The Morgan fingerprint density at radius 1 is 0.600 bits per heavy atom. The molecule has 0 aliphatic heterocycles. The maximum Gasteiger partial charge on any atom is 0.343 e. The summed E-state index contributed by atoms with van der Waals surface area (Å²) in [4.78, 5) is 24.4. The van der Waals surface area contributed by atoms with Crippen LogP contribution in [0.3, 0.4) is 0 Å². The molecule has 0 heterocycles. The van der Waals surface area contributed by atoms with E-state index in [1.54, 1.807) is 73.7 Å². The maximum atomic E-state index is 12.2. The molecule has 4 nitrogen and oxygen atoms in total. The lowest BCUT2D eigenvalue weighted by Gasteiger charge is -2.12. The maximum absolute atomic E-state index is 12.2. The first-order valence-electron chi connectivity index (χ1n) is 7.79. The third kappa shape index (κ3) is 3.93. The SMILES string of the molecule is Cc1c(OC(=O)c2ccccc2)cccc1OC(=O)c1ccccc1. The van der Waals surface area contributed by atoms with Crippen LogP contribution in [0.2, 0.25) is 0 Å². The van der Waals surface area contributed by atoms with E-state index in [1.165, 1.54) is 0 Å². The van der Waals surface area contributed by atoms with Crippen molar-refractivity contribution >= 4 is 11.9 Å². The molecule has 0 aromatic heterocycles. The number of hydrogen-bond donors (Lipinski definition) is 0. The minimum Gasteiger partial charge on any atom is -0.423 e. The number of hydrogen-bond acceptors (Lipinski definition) is 4. The molecule has 0 radical (unpaired) electrons. The second-order valence-electron chi connectivity index (χ2n) is 5.39. The Morgan fingerprint density at radius 2 is 1.00 bits per heavy atom. The monoisotopic (exact) mass is 332 g/mol. The Bertz CT molecular complexity index is 815. The van der Waals surface area contributed by atoms with E-state index in [9.17, 15) is 9.59 Å². The third-order valence-electron chi connectivity index (χ3n) is 3.66. The van der Waals surface area contributed by atoms with Crippen molar-refractivity contribution < 1.29 is 19.1 Å². The Balaban J connectivity index is 1.78. The van der Waals surface area contributed by atoms with Gasteiger partial charge in [0.2, 0.25) is 0 Å². The normalized spacial score (nSPS) is 10.1. The van der Waals surface area contributed by atoms with E-state index in [4.69, 9.17) is 9.47 Å². The van der Waals surface area contributed by atoms with Gasteiger partial charge in [-0.3, -0.25) is 0 Å². The zero-order valence-corrected chi connectivity index (χ0v) is 13.6. The van der Waals surface area contributed by atoms with Crippen molar-refractivity contribution in [2.24, 2.45) is 0 Å². The highest BCUT2D eigenvalue weighted by Crippen LogP contribution is 2.28. The van der Waals surface area contributed by atoms with E-state index < -0.39 is 11.9 Å². The summed E-state index contributed by atoms with van der Waals surface area (Å²) in [6.07, 6.45) is 0. The molecule has 124 valence electrons. The van der Waals surface area contributed by atoms with E-state index in [2.05, 4.69) is 0 Å². The summed E-state index contributed by atoms with van der Waals surface area (Å²) < 4.78 is 10.9. The molecule has 25 heavy (non-hydrogen) atoms. The average molecular weight is 332 g/mol. The van der Waals surface area contributed by atoms with Gasteiger partial charge in [-0.2, -0.15) is 0 Å². The summed E-state index contributed by atoms with van der Waals surface area (Å²) in [6.45, 7) is 1.74. The quantitative estimate of drug-likeness (QED) is 0.524. The van der Waals surface area contributed by atoms with E-state index in [0.29, 0.717) is 28.2 Å². The molecule has 0 atom stereocenters. The second kappa shape index (κ2) is 7.45. The predicted octanol–water partition coefficient (Wildman–Crippen LogP) is 4.43. The summed E-state index contributed by atoms with van der Waals surface area (Å²) in [5.41, 5.74) is 1.48. The Kier molecular flexibility index (Phi) is 4.90. The van der Waals surface area contributed by atoms with Crippen molar-refractivity contribution in [3.8, 4) is 11.5 Å². The van der Waals surface area contributed by atoms with Crippen molar-refractivity contribution in [1.29, 1.82) is 0 Å². The van der Waals surface area contributed by atoms with E-state index in [1.807, 2.05) is 12.1 Å². The van der Waals surface area contributed by atoms with Crippen molar-refractivity contribution in [2.75, 3.05) is 0 Å². The molecule has 0 bridgehead atoms. The van der Waals surface area contributed by atoms with Crippen LogP contribution in [-0.2, 0) is 0 Å². The first-order valence-corrected chi connectivity index (χ1v) is 7.79. The summed E-state index contributed by atoms with van der Waals surface area (Å²) >= 11 is 0. The van der Waals surface area contributed by atoms with Gasteiger partial charge in [-0.05, 0) is 43.3 Å². The third-order valence-corrected chi connectivity index (χ3v) is 3.66. The highest BCUT2D eigenvalue weighted by Gasteiger charge is 2.15. The van der Waals surface area contributed by atoms with Crippen LogP contribution >= 0.6 is 0 Å². The first kappa shape index (κ1) is 16.5. The Morgan fingerprint density at radius 3 is 1.40 bits per heavy atom. The molecule has 3 rings (SSSR count). The van der Waals surface area contributed by atoms with Crippen LogP contribution in [0.1, 0.15) is 26.3 Å². The fourth-order valence-corrected chi connectivity index (χ4v) is 2.28. The van der Waals surface area contributed by atoms with Crippen LogP contribution in [0.4, 0.5) is 0 Å². The standard InChI is InChI=1S/C21H16O4/c1-15-18(24-20(22)16-9-4-2-5-10-16)13-8-14-19(15)25-21(23)17-11-6-3-7-12-17/h2-14H,1H3. The number of rotatable bonds is 4. The van der Waals surface area contributed by atoms with Crippen LogP contribution in [0.25, 0.3) is 0 Å². The molecular formula is C21H16O4. The zero-order valence-electron chi connectivity index (χ0n) is 13.6. The molecule has 0 spiro atoms. The molecule has 3 aromatic rings. The molecule has 0 unspecified atom stereocenters. The molecule has 0 aliphatic carbocycles. The molecule has 0 saturated carbocycles. The van der Waals surface area contributed by atoms with Crippen molar-refractivity contribution in [3.05, 3.63) is 95.6 Å². The van der Waals surface area contributed by atoms with Gasteiger partial charge in [0, 0.05) is 5.56 Å². The lowest BCUT2D eigenvalue weighted by atomic mass is 10.2. The highest BCUT2D eigenvalue weighted by atomic mass is 16.5. The van der Waals surface area contributed by atoms with Crippen LogP contribution in [0.15, 0.2) is 78.9 Å². The van der Waals surface area contributed by atoms with E-state index >= 15 is 0 Å². The van der Waals surface area contributed by atoms with Gasteiger partial charge in [0.25, 0.3) is 0 Å². The largest absolute Gasteiger partial charge is 0.423 e. The summed E-state index contributed by atoms with van der Waals surface area (Å²) in [5.74, 6) is -0.218. The molecule has 0 saturated heterocycles. The van der Waals surface area contributed by atoms with Crippen LogP contribution in [0.5, 0.6) is 11.5 Å². The van der Waals surface area contributed by atoms with E-state index in [-0.39, 0.29) is 0 Å². The highest BCUT2D eigenvalue weighted by molar-refractivity contribution is 5.92. The van der Waals surface area contributed by atoms with Gasteiger partial charge in [-0.1, -0.05) is 42.5 Å². The second-order valence-corrected chi connectivity index (χ2v) is 5.39. The first-order chi connectivity index (χ1) is 12.1. The molecule has 0 fully saturated rings. The Hall–Kier alpha value is -3.40. The van der Waals surface area contributed by atoms with Gasteiger partial charge in [0.1, 0.15) is 11.5 Å². The van der Waals surface area contributed by atoms with Crippen molar-refractivity contribution in [3.63, 3.8) is 0 Å². The van der Waals surface area contributed by atoms with Crippen LogP contribution in [-0.4, -0.2) is 11.9 Å².